The van der Waals surface area contributed by atoms with Crippen molar-refractivity contribution in [3.05, 3.63) is 62.8 Å². The third-order valence-corrected chi connectivity index (χ3v) is 6.52. The molecule has 1 aromatic carbocycles. The van der Waals surface area contributed by atoms with Crippen LogP contribution in [-0.4, -0.2) is 22.3 Å². The summed E-state index contributed by atoms with van der Waals surface area (Å²) in [5.74, 6) is 0.248. The Morgan fingerprint density at radius 2 is 2.04 bits per heavy atom. The van der Waals surface area contributed by atoms with Crippen molar-refractivity contribution >= 4 is 28.6 Å². The maximum atomic E-state index is 12.7. The summed E-state index contributed by atoms with van der Waals surface area (Å²) in [5, 5.41) is 3.14. The zero-order valence-corrected chi connectivity index (χ0v) is 15.8. The predicted molar refractivity (Wildman–Crippen MR) is 104 cm³/mol. The smallest absolute Gasteiger partial charge is 0.223 e. The number of thiazole rings is 1. The number of fused-ring (bicyclic) bond motifs is 1. The van der Waals surface area contributed by atoms with Crippen molar-refractivity contribution in [2.24, 2.45) is 0 Å². The monoisotopic (exact) mass is 368 g/mol. The fourth-order valence-electron chi connectivity index (χ4n) is 3.33. The van der Waals surface area contributed by atoms with E-state index in [1.54, 1.807) is 22.7 Å². The lowest BCUT2D eigenvalue weighted by Crippen LogP contribution is -2.36. The van der Waals surface area contributed by atoms with Gasteiger partial charge < -0.3 is 4.90 Å². The summed E-state index contributed by atoms with van der Waals surface area (Å²) in [7, 11) is 0. The number of thiophene rings is 1. The molecule has 0 bridgehead atoms. The molecular formula is C20H20N2OS2. The van der Waals surface area contributed by atoms with E-state index in [1.165, 1.54) is 20.9 Å². The van der Waals surface area contributed by atoms with E-state index >= 15 is 0 Å². The molecular weight excluding hydrogens is 348 g/mol. The van der Waals surface area contributed by atoms with Gasteiger partial charge in [-0.1, -0.05) is 30.3 Å². The Bertz CT molecular complexity index is 883. The summed E-state index contributed by atoms with van der Waals surface area (Å²) in [6.07, 6.45) is 2.29. The summed E-state index contributed by atoms with van der Waals surface area (Å²) in [6.45, 7) is 3.61. The van der Waals surface area contributed by atoms with Gasteiger partial charge in [-0.3, -0.25) is 4.79 Å². The Morgan fingerprint density at radius 3 is 2.84 bits per heavy atom. The van der Waals surface area contributed by atoms with Gasteiger partial charge in [-0.2, -0.15) is 0 Å². The number of amides is 1. The quantitative estimate of drug-likeness (QED) is 0.669. The Balaban J connectivity index is 1.43. The number of carbonyl (C=O) groups is 1. The normalized spacial score (nSPS) is 13.7. The highest BCUT2D eigenvalue weighted by molar-refractivity contribution is 7.15. The molecule has 1 aliphatic heterocycles. The van der Waals surface area contributed by atoms with Gasteiger partial charge in [-0.15, -0.1) is 22.7 Å². The van der Waals surface area contributed by atoms with E-state index in [2.05, 4.69) is 46.8 Å². The van der Waals surface area contributed by atoms with Gasteiger partial charge in [0.1, 0.15) is 0 Å². The van der Waals surface area contributed by atoms with Crippen molar-refractivity contribution in [3.63, 3.8) is 0 Å². The molecule has 1 aliphatic rings. The van der Waals surface area contributed by atoms with E-state index in [0.29, 0.717) is 6.42 Å². The van der Waals surface area contributed by atoms with Crippen molar-refractivity contribution < 1.29 is 4.79 Å². The Morgan fingerprint density at radius 1 is 1.20 bits per heavy atom. The van der Waals surface area contributed by atoms with Crippen LogP contribution in [0.5, 0.6) is 0 Å². The van der Waals surface area contributed by atoms with E-state index in [9.17, 15) is 4.79 Å². The second kappa shape index (κ2) is 7.10. The molecule has 128 valence electrons. The van der Waals surface area contributed by atoms with Crippen molar-refractivity contribution in [3.8, 4) is 10.6 Å². The molecule has 2 aromatic heterocycles. The van der Waals surface area contributed by atoms with E-state index in [-0.39, 0.29) is 5.91 Å². The van der Waals surface area contributed by atoms with Gasteiger partial charge in [0.05, 0.1) is 15.6 Å². The first-order chi connectivity index (χ1) is 12.2. The minimum Gasteiger partial charge on any atom is -0.338 e. The Labute approximate surface area is 156 Å². The number of aromatic nitrogens is 1. The summed E-state index contributed by atoms with van der Waals surface area (Å²) in [5.41, 5.74) is 3.73. The lowest BCUT2D eigenvalue weighted by Gasteiger charge is -2.29. The molecule has 1 amide bonds. The number of carbonyl (C=O) groups excluding carboxylic acids is 1. The van der Waals surface area contributed by atoms with E-state index < -0.39 is 0 Å². The molecule has 0 atom stereocenters. The highest BCUT2D eigenvalue weighted by Gasteiger charge is 2.21. The van der Waals surface area contributed by atoms with Crippen molar-refractivity contribution in [1.29, 1.82) is 0 Å². The number of nitrogens with zero attached hydrogens (tertiary/aromatic N) is 2. The standard InChI is InChI=1S/C20H20N2OS2/c1-14-21-20(17-7-4-12-24-17)18(25-14)8-9-19(23)22-11-10-15-5-2-3-6-16(15)13-22/h2-7,12H,8-11,13H2,1H3. The van der Waals surface area contributed by atoms with Gasteiger partial charge in [0.2, 0.25) is 5.91 Å². The topological polar surface area (TPSA) is 33.2 Å². The molecule has 0 unspecified atom stereocenters. The van der Waals surface area contributed by atoms with Crippen LogP contribution in [0.25, 0.3) is 10.6 Å². The lowest BCUT2D eigenvalue weighted by atomic mass is 9.99. The average molecular weight is 369 g/mol. The lowest BCUT2D eigenvalue weighted by molar-refractivity contribution is -0.132. The molecule has 0 spiro atoms. The van der Waals surface area contributed by atoms with Gasteiger partial charge >= 0.3 is 0 Å². The van der Waals surface area contributed by atoms with Crippen LogP contribution in [-0.2, 0) is 24.2 Å². The van der Waals surface area contributed by atoms with Crippen LogP contribution >= 0.6 is 22.7 Å². The largest absolute Gasteiger partial charge is 0.338 e. The Kier molecular flexibility index (Phi) is 4.68. The van der Waals surface area contributed by atoms with Crippen LogP contribution in [0.4, 0.5) is 0 Å². The second-order valence-corrected chi connectivity index (χ2v) is 8.55. The SMILES string of the molecule is Cc1nc(-c2cccs2)c(CCC(=O)N2CCc3ccccc3C2)s1. The zero-order chi connectivity index (χ0) is 17.2. The maximum Gasteiger partial charge on any atom is 0.223 e. The summed E-state index contributed by atoms with van der Waals surface area (Å²) < 4.78 is 0. The summed E-state index contributed by atoms with van der Waals surface area (Å²) >= 11 is 3.42. The highest BCUT2D eigenvalue weighted by atomic mass is 32.1. The van der Waals surface area contributed by atoms with Crippen LogP contribution < -0.4 is 0 Å². The molecule has 3 nitrogen and oxygen atoms in total. The van der Waals surface area contributed by atoms with Crippen molar-refractivity contribution in [2.75, 3.05) is 6.54 Å². The maximum absolute atomic E-state index is 12.7. The average Bonchev–Trinajstić information content (AvgIpc) is 3.28. The van der Waals surface area contributed by atoms with Crippen LogP contribution in [0.3, 0.4) is 0 Å². The fraction of sp³-hybridized carbons (Fsp3) is 0.300. The van der Waals surface area contributed by atoms with Gasteiger partial charge in [0, 0.05) is 24.4 Å². The molecule has 3 aromatic rings. The van der Waals surface area contributed by atoms with Crippen molar-refractivity contribution in [2.45, 2.75) is 32.7 Å². The third-order valence-electron chi connectivity index (χ3n) is 4.61. The molecule has 0 aliphatic carbocycles. The Hall–Kier alpha value is -1.98. The van der Waals surface area contributed by atoms with Crippen LogP contribution in [0.15, 0.2) is 41.8 Å². The first kappa shape index (κ1) is 16.5. The van der Waals surface area contributed by atoms with E-state index in [1.807, 2.05) is 11.8 Å². The molecule has 0 N–H and O–H groups in total. The van der Waals surface area contributed by atoms with Gasteiger partial charge in [0.25, 0.3) is 0 Å². The molecule has 3 heterocycles. The first-order valence-corrected chi connectivity index (χ1v) is 10.2. The molecule has 5 heteroatoms. The van der Waals surface area contributed by atoms with Crippen LogP contribution in [0.2, 0.25) is 0 Å². The number of hydrogen-bond donors (Lipinski definition) is 0. The molecule has 4 rings (SSSR count). The van der Waals surface area contributed by atoms with E-state index in [4.69, 9.17) is 0 Å². The minimum absolute atomic E-state index is 0.248. The predicted octanol–water partition coefficient (Wildman–Crippen LogP) is 4.70. The van der Waals surface area contributed by atoms with Crippen molar-refractivity contribution in [1.82, 2.24) is 9.88 Å². The summed E-state index contributed by atoms with van der Waals surface area (Å²) in [6, 6.07) is 12.6. The van der Waals surface area contributed by atoms with E-state index in [0.717, 1.165) is 36.6 Å². The highest BCUT2D eigenvalue weighted by Crippen LogP contribution is 2.32. The third kappa shape index (κ3) is 3.53. The van der Waals surface area contributed by atoms with Gasteiger partial charge in [0.15, 0.2) is 0 Å². The first-order valence-electron chi connectivity index (χ1n) is 8.55. The number of benzene rings is 1. The molecule has 25 heavy (non-hydrogen) atoms. The number of hydrogen-bond acceptors (Lipinski definition) is 4. The van der Waals surface area contributed by atoms with Crippen LogP contribution in [0, 0.1) is 6.92 Å². The molecule has 0 saturated carbocycles. The molecule has 0 radical (unpaired) electrons. The summed E-state index contributed by atoms with van der Waals surface area (Å²) in [4.78, 5) is 21.8. The fourth-order valence-corrected chi connectivity index (χ4v) is 5.09. The second-order valence-electron chi connectivity index (χ2n) is 6.32. The van der Waals surface area contributed by atoms with Gasteiger partial charge in [-0.05, 0) is 42.3 Å². The number of aryl methyl sites for hydroxylation is 2. The van der Waals surface area contributed by atoms with Crippen LogP contribution in [0.1, 0.15) is 27.4 Å². The number of rotatable bonds is 4. The molecule has 0 saturated heterocycles. The molecule has 0 fully saturated rings. The minimum atomic E-state index is 0.248. The zero-order valence-electron chi connectivity index (χ0n) is 14.2. The van der Waals surface area contributed by atoms with Gasteiger partial charge in [-0.25, -0.2) is 4.98 Å².